The summed E-state index contributed by atoms with van der Waals surface area (Å²) >= 11 is 12.0. The fourth-order valence-corrected chi connectivity index (χ4v) is 3.87. The smallest absolute Gasteiger partial charge is 0.271 e. The average molecular weight is 461 g/mol. The molecule has 3 heterocycles. The van der Waals surface area contributed by atoms with Crippen molar-refractivity contribution >= 4 is 35.1 Å². The molecule has 0 bridgehead atoms. The summed E-state index contributed by atoms with van der Waals surface area (Å²) < 4.78 is 7.11. The van der Waals surface area contributed by atoms with Crippen molar-refractivity contribution in [2.75, 3.05) is 25.1 Å². The van der Waals surface area contributed by atoms with Crippen molar-refractivity contribution in [2.24, 2.45) is 5.92 Å². The summed E-state index contributed by atoms with van der Waals surface area (Å²) in [6.07, 6.45) is 5.99. The predicted molar refractivity (Wildman–Crippen MR) is 119 cm³/mol. The Kier molecular flexibility index (Phi) is 6.70. The van der Waals surface area contributed by atoms with Crippen LogP contribution in [-0.4, -0.2) is 45.2 Å². The topological polar surface area (TPSA) is 94.0 Å². The molecular weight excluding hydrogens is 439 g/mol. The molecule has 4 rings (SSSR count). The number of benzene rings is 1. The van der Waals surface area contributed by atoms with Gasteiger partial charge in [0.15, 0.2) is 0 Å². The Labute approximate surface area is 190 Å². The lowest BCUT2D eigenvalue weighted by molar-refractivity contribution is 0.0946. The molecule has 3 aromatic rings. The van der Waals surface area contributed by atoms with Crippen LogP contribution in [0.1, 0.15) is 28.0 Å². The Morgan fingerprint density at radius 1 is 1.26 bits per heavy atom. The van der Waals surface area contributed by atoms with Crippen LogP contribution in [0.5, 0.6) is 0 Å². The second-order valence-corrected chi connectivity index (χ2v) is 8.31. The molecule has 1 fully saturated rings. The zero-order chi connectivity index (χ0) is 21.8. The van der Waals surface area contributed by atoms with Crippen LogP contribution >= 0.6 is 23.2 Å². The quantitative estimate of drug-likeness (QED) is 0.558. The third-order valence-electron chi connectivity index (χ3n) is 4.95. The Hall–Kier alpha value is -2.68. The number of amides is 1. The van der Waals surface area contributed by atoms with Gasteiger partial charge < -0.3 is 15.4 Å². The number of nitrogens with one attached hydrogen (secondary N) is 2. The summed E-state index contributed by atoms with van der Waals surface area (Å²) in [5.41, 5.74) is 1.96. The minimum atomic E-state index is -0.305. The van der Waals surface area contributed by atoms with E-state index in [2.05, 4.69) is 25.6 Å². The van der Waals surface area contributed by atoms with Crippen LogP contribution in [0.2, 0.25) is 10.0 Å². The first-order chi connectivity index (χ1) is 15.0. The van der Waals surface area contributed by atoms with Crippen LogP contribution in [0.4, 0.5) is 5.95 Å². The molecule has 0 spiro atoms. The fourth-order valence-electron chi connectivity index (χ4n) is 3.30. The molecular formula is C21H22Cl2N6O2. The predicted octanol–water partition coefficient (Wildman–Crippen LogP) is 3.66. The summed E-state index contributed by atoms with van der Waals surface area (Å²) in [6, 6.07) is 5.15. The van der Waals surface area contributed by atoms with Crippen LogP contribution in [0.15, 0.2) is 36.9 Å². The van der Waals surface area contributed by atoms with Crippen molar-refractivity contribution in [3.63, 3.8) is 0 Å². The van der Waals surface area contributed by atoms with Crippen molar-refractivity contribution in [3.05, 3.63) is 63.8 Å². The molecule has 31 heavy (non-hydrogen) atoms. The number of carbonyl (C=O) groups excluding carboxylic acids is 1. The van der Waals surface area contributed by atoms with E-state index in [1.807, 2.05) is 6.92 Å². The molecule has 8 nitrogen and oxygen atoms in total. The molecule has 0 radical (unpaired) electrons. The maximum Gasteiger partial charge on any atom is 0.271 e. The highest BCUT2D eigenvalue weighted by Crippen LogP contribution is 2.19. The van der Waals surface area contributed by atoms with Gasteiger partial charge in [-0.2, -0.15) is 4.98 Å². The highest BCUT2D eigenvalue weighted by Gasteiger charge is 2.16. The average Bonchev–Trinajstić information content (AvgIpc) is 3.43. The van der Waals surface area contributed by atoms with E-state index in [9.17, 15) is 4.79 Å². The lowest BCUT2D eigenvalue weighted by atomic mass is 10.1. The number of aromatic nitrogens is 4. The second-order valence-electron chi connectivity index (χ2n) is 7.44. The molecule has 2 N–H and O–H groups in total. The summed E-state index contributed by atoms with van der Waals surface area (Å²) in [4.78, 5) is 25.7. The van der Waals surface area contributed by atoms with Gasteiger partial charge in [-0.3, -0.25) is 9.36 Å². The molecule has 0 saturated carbocycles. The molecule has 0 aliphatic carbocycles. The number of imidazole rings is 1. The normalized spacial score (nSPS) is 15.8. The molecule has 1 atom stereocenters. The SMILES string of the molecule is Cc1cnc(NCC2CCOC2)nc1-n1cnc(C(=O)NCc2cc(Cl)cc(Cl)c2)c1. The fraction of sp³-hybridized carbons (Fsp3) is 0.333. The van der Waals surface area contributed by atoms with Crippen LogP contribution < -0.4 is 10.6 Å². The monoisotopic (exact) mass is 460 g/mol. The van der Waals surface area contributed by atoms with E-state index >= 15 is 0 Å². The van der Waals surface area contributed by atoms with Gasteiger partial charge in [0.05, 0.1) is 6.61 Å². The number of carbonyl (C=O) groups is 1. The number of aryl methyl sites for hydroxylation is 1. The minimum Gasteiger partial charge on any atom is -0.381 e. The van der Waals surface area contributed by atoms with E-state index in [-0.39, 0.29) is 18.1 Å². The van der Waals surface area contributed by atoms with E-state index in [0.717, 1.165) is 37.3 Å². The molecule has 162 valence electrons. The summed E-state index contributed by atoms with van der Waals surface area (Å²) in [5.74, 6) is 1.35. The van der Waals surface area contributed by atoms with Crippen molar-refractivity contribution in [2.45, 2.75) is 19.9 Å². The van der Waals surface area contributed by atoms with Crippen molar-refractivity contribution in [1.29, 1.82) is 0 Å². The number of hydrogen-bond donors (Lipinski definition) is 2. The molecule has 2 aromatic heterocycles. The van der Waals surface area contributed by atoms with Crippen molar-refractivity contribution < 1.29 is 9.53 Å². The molecule has 10 heteroatoms. The molecule has 1 amide bonds. The number of nitrogens with zero attached hydrogens (tertiary/aromatic N) is 4. The zero-order valence-corrected chi connectivity index (χ0v) is 18.5. The van der Waals surface area contributed by atoms with Gasteiger partial charge in [-0.1, -0.05) is 23.2 Å². The van der Waals surface area contributed by atoms with Gasteiger partial charge in [-0.25, -0.2) is 9.97 Å². The van der Waals surface area contributed by atoms with Gasteiger partial charge in [-0.15, -0.1) is 0 Å². The first kappa shape index (κ1) is 21.5. The van der Waals surface area contributed by atoms with E-state index in [1.165, 1.54) is 0 Å². The van der Waals surface area contributed by atoms with Crippen LogP contribution in [0, 0.1) is 12.8 Å². The van der Waals surface area contributed by atoms with Gasteiger partial charge >= 0.3 is 0 Å². The molecule has 1 unspecified atom stereocenters. The summed E-state index contributed by atoms with van der Waals surface area (Å²) in [7, 11) is 0. The lowest BCUT2D eigenvalue weighted by Crippen LogP contribution is -2.23. The van der Waals surface area contributed by atoms with E-state index in [1.54, 1.807) is 41.5 Å². The standard InChI is InChI=1S/C21H22Cl2N6O2/c1-13-7-25-21(26-8-14-2-3-31-11-14)28-19(13)29-10-18(27-12-29)20(30)24-9-15-4-16(22)6-17(23)5-15/h4-7,10,12,14H,2-3,8-9,11H2,1H3,(H,24,30)(H,25,26,28). The van der Waals surface area contributed by atoms with Gasteiger partial charge in [0, 0.05) is 53.6 Å². The Morgan fingerprint density at radius 3 is 2.81 bits per heavy atom. The maximum atomic E-state index is 12.5. The molecule has 1 aliphatic rings. The lowest BCUT2D eigenvalue weighted by Gasteiger charge is -2.11. The largest absolute Gasteiger partial charge is 0.381 e. The summed E-state index contributed by atoms with van der Waals surface area (Å²) in [6.45, 7) is 4.52. The molecule has 1 aliphatic heterocycles. The molecule has 1 saturated heterocycles. The van der Waals surface area contributed by atoms with Crippen molar-refractivity contribution in [1.82, 2.24) is 24.8 Å². The van der Waals surface area contributed by atoms with Crippen LogP contribution in [0.3, 0.4) is 0 Å². The van der Waals surface area contributed by atoms with Gasteiger partial charge in [0.1, 0.15) is 17.8 Å². The van der Waals surface area contributed by atoms with Crippen molar-refractivity contribution in [3.8, 4) is 5.82 Å². The maximum absolute atomic E-state index is 12.5. The molecule has 1 aromatic carbocycles. The van der Waals surface area contributed by atoms with Gasteiger partial charge in [0.25, 0.3) is 5.91 Å². The van der Waals surface area contributed by atoms with E-state index in [4.69, 9.17) is 27.9 Å². The van der Waals surface area contributed by atoms with Gasteiger partial charge in [-0.05, 0) is 37.1 Å². The number of anilines is 1. The number of hydrogen-bond acceptors (Lipinski definition) is 6. The third-order valence-corrected chi connectivity index (χ3v) is 5.39. The Bertz CT molecular complexity index is 1060. The first-order valence-corrected chi connectivity index (χ1v) is 10.7. The zero-order valence-electron chi connectivity index (χ0n) is 16.9. The number of halogens is 2. The van der Waals surface area contributed by atoms with E-state index < -0.39 is 0 Å². The minimum absolute atomic E-state index is 0.281. The number of ether oxygens (including phenoxy) is 1. The van der Waals surface area contributed by atoms with Crippen LogP contribution in [-0.2, 0) is 11.3 Å². The Balaban J connectivity index is 1.42. The van der Waals surface area contributed by atoms with Crippen LogP contribution in [0.25, 0.3) is 5.82 Å². The summed E-state index contributed by atoms with van der Waals surface area (Å²) in [5, 5.41) is 7.12. The second kappa shape index (κ2) is 9.64. The number of rotatable bonds is 7. The van der Waals surface area contributed by atoms with Gasteiger partial charge in [0.2, 0.25) is 5.95 Å². The third kappa shape index (κ3) is 5.52. The van der Waals surface area contributed by atoms with E-state index in [0.29, 0.717) is 27.7 Å². The highest BCUT2D eigenvalue weighted by atomic mass is 35.5. The highest BCUT2D eigenvalue weighted by molar-refractivity contribution is 6.34. The Morgan fingerprint density at radius 2 is 2.06 bits per heavy atom. The first-order valence-electron chi connectivity index (χ1n) is 9.91.